The first-order valence-electron chi connectivity index (χ1n) is 6.20. The molecule has 0 aliphatic rings. The molecule has 1 aromatic rings. The summed E-state index contributed by atoms with van der Waals surface area (Å²) in [6.45, 7) is 2.53. The molecule has 20 heavy (non-hydrogen) atoms. The zero-order valence-corrected chi connectivity index (χ0v) is 11.4. The van der Waals surface area contributed by atoms with Gasteiger partial charge >= 0.3 is 6.18 Å². The maximum Gasteiger partial charge on any atom is 0.416 e. The predicted octanol–water partition coefficient (Wildman–Crippen LogP) is 2.25. The monoisotopic (exact) mass is 289 g/mol. The Morgan fingerprint density at radius 3 is 2.55 bits per heavy atom. The lowest BCUT2D eigenvalue weighted by molar-refractivity contribution is -0.137. The van der Waals surface area contributed by atoms with E-state index in [0.29, 0.717) is 12.2 Å². The summed E-state index contributed by atoms with van der Waals surface area (Å²) in [6.07, 6.45) is -3.61. The number of halogens is 3. The molecule has 0 bridgehead atoms. The van der Waals surface area contributed by atoms with E-state index in [-0.39, 0.29) is 18.1 Å². The van der Waals surface area contributed by atoms with Gasteiger partial charge in [0.25, 0.3) is 0 Å². The van der Waals surface area contributed by atoms with E-state index in [1.807, 2.05) is 6.92 Å². The zero-order valence-electron chi connectivity index (χ0n) is 11.4. The quantitative estimate of drug-likeness (QED) is 0.817. The van der Waals surface area contributed by atoms with Crippen molar-refractivity contribution in [1.29, 1.82) is 0 Å². The highest BCUT2D eigenvalue weighted by molar-refractivity contribution is 5.83. The number of anilines is 2. The van der Waals surface area contributed by atoms with Crippen LogP contribution in [0.2, 0.25) is 0 Å². The van der Waals surface area contributed by atoms with Crippen LogP contribution in [0.15, 0.2) is 18.2 Å². The molecular formula is C13H18F3N3O. The van der Waals surface area contributed by atoms with Crippen molar-refractivity contribution in [3.05, 3.63) is 23.8 Å². The summed E-state index contributed by atoms with van der Waals surface area (Å²) >= 11 is 0. The van der Waals surface area contributed by atoms with Gasteiger partial charge in [-0.05, 0) is 24.6 Å². The maximum absolute atomic E-state index is 12.5. The van der Waals surface area contributed by atoms with Crippen LogP contribution in [0.4, 0.5) is 24.5 Å². The minimum atomic E-state index is -4.43. The van der Waals surface area contributed by atoms with Gasteiger partial charge in [0.1, 0.15) is 0 Å². The van der Waals surface area contributed by atoms with Gasteiger partial charge in [-0.1, -0.05) is 6.92 Å². The van der Waals surface area contributed by atoms with Gasteiger partial charge in [0.05, 0.1) is 23.5 Å². The number of carbonyl (C=O) groups is 1. The molecule has 0 heterocycles. The van der Waals surface area contributed by atoms with E-state index in [4.69, 9.17) is 5.73 Å². The topological polar surface area (TPSA) is 58.4 Å². The third-order valence-corrected chi connectivity index (χ3v) is 2.72. The van der Waals surface area contributed by atoms with Gasteiger partial charge in [-0.15, -0.1) is 0 Å². The molecule has 0 atom stereocenters. The Balaban J connectivity index is 2.79. The van der Waals surface area contributed by atoms with Crippen LogP contribution < -0.4 is 16.0 Å². The molecule has 0 unspecified atom stereocenters. The Kier molecular flexibility index (Phi) is 5.24. The average Bonchev–Trinajstić information content (AvgIpc) is 2.34. The molecule has 0 spiro atoms. The summed E-state index contributed by atoms with van der Waals surface area (Å²) in [7, 11) is 1.60. The number of nitrogens with two attached hydrogens (primary N) is 1. The fourth-order valence-corrected chi connectivity index (χ4v) is 1.70. The van der Waals surface area contributed by atoms with E-state index < -0.39 is 11.7 Å². The predicted molar refractivity (Wildman–Crippen MR) is 72.4 cm³/mol. The van der Waals surface area contributed by atoms with Gasteiger partial charge in [-0.25, -0.2) is 0 Å². The number of nitrogen functional groups attached to an aromatic ring is 1. The summed E-state index contributed by atoms with van der Waals surface area (Å²) in [4.78, 5) is 13.1. The molecule has 0 saturated carbocycles. The molecule has 7 heteroatoms. The molecule has 4 nitrogen and oxygen atoms in total. The summed E-state index contributed by atoms with van der Waals surface area (Å²) in [5.74, 6) is -0.200. The van der Waals surface area contributed by atoms with Crippen molar-refractivity contribution in [3.63, 3.8) is 0 Å². The van der Waals surface area contributed by atoms with Crippen molar-refractivity contribution in [2.24, 2.45) is 0 Å². The number of amides is 1. The minimum absolute atomic E-state index is 0.00869. The lowest BCUT2D eigenvalue weighted by Gasteiger charge is -2.21. The minimum Gasteiger partial charge on any atom is -0.397 e. The highest BCUT2D eigenvalue weighted by Crippen LogP contribution is 2.33. The van der Waals surface area contributed by atoms with Crippen LogP contribution >= 0.6 is 0 Å². The Morgan fingerprint density at radius 2 is 2.05 bits per heavy atom. The van der Waals surface area contributed by atoms with Gasteiger partial charge in [-0.3, -0.25) is 4.79 Å². The van der Waals surface area contributed by atoms with Crippen molar-refractivity contribution in [2.45, 2.75) is 19.5 Å². The van der Waals surface area contributed by atoms with Crippen molar-refractivity contribution in [2.75, 3.05) is 30.8 Å². The van der Waals surface area contributed by atoms with Crippen LogP contribution in [0, 0.1) is 0 Å². The number of rotatable bonds is 5. The average molecular weight is 289 g/mol. The van der Waals surface area contributed by atoms with Crippen LogP contribution in [0.25, 0.3) is 0 Å². The Hall–Kier alpha value is -1.92. The number of likely N-dealkylation sites (N-methyl/N-ethyl adjacent to an activating group) is 1. The fraction of sp³-hybridized carbons (Fsp3) is 0.462. The van der Waals surface area contributed by atoms with Gasteiger partial charge in [0.15, 0.2) is 0 Å². The van der Waals surface area contributed by atoms with Gasteiger partial charge < -0.3 is 16.0 Å². The number of nitrogens with one attached hydrogen (secondary N) is 1. The van der Waals surface area contributed by atoms with E-state index >= 15 is 0 Å². The molecule has 0 saturated heterocycles. The third kappa shape index (κ3) is 4.32. The molecule has 0 aliphatic carbocycles. The molecule has 0 radical (unpaired) electrons. The SMILES string of the molecule is CCCNC(=O)CN(C)c1ccc(C(F)(F)F)cc1N. The Bertz CT molecular complexity index is 474. The summed E-state index contributed by atoms with van der Waals surface area (Å²) in [5, 5.41) is 2.69. The molecule has 1 amide bonds. The van der Waals surface area contributed by atoms with Gasteiger partial charge in [0.2, 0.25) is 5.91 Å². The maximum atomic E-state index is 12.5. The molecular weight excluding hydrogens is 271 g/mol. The number of hydrogen-bond acceptors (Lipinski definition) is 3. The van der Waals surface area contributed by atoms with Crippen LogP contribution in [0.5, 0.6) is 0 Å². The summed E-state index contributed by atoms with van der Waals surface area (Å²) in [5.41, 5.74) is 5.20. The summed E-state index contributed by atoms with van der Waals surface area (Å²) < 4.78 is 37.6. The van der Waals surface area contributed by atoms with E-state index in [2.05, 4.69) is 5.32 Å². The molecule has 112 valence electrons. The normalized spacial score (nSPS) is 11.2. The van der Waals surface area contributed by atoms with E-state index in [1.165, 1.54) is 11.0 Å². The van der Waals surface area contributed by atoms with Crippen molar-refractivity contribution in [3.8, 4) is 0 Å². The van der Waals surface area contributed by atoms with Crippen molar-refractivity contribution in [1.82, 2.24) is 5.32 Å². The van der Waals surface area contributed by atoms with Crippen LogP contribution in [-0.2, 0) is 11.0 Å². The highest BCUT2D eigenvalue weighted by atomic mass is 19.4. The first-order valence-corrected chi connectivity index (χ1v) is 6.20. The van der Waals surface area contributed by atoms with Crippen molar-refractivity contribution < 1.29 is 18.0 Å². The summed E-state index contributed by atoms with van der Waals surface area (Å²) in [6, 6.07) is 3.09. The number of benzene rings is 1. The number of carbonyl (C=O) groups excluding carboxylic acids is 1. The Labute approximate surface area is 115 Å². The van der Waals surface area contributed by atoms with E-state index in [1.54, 1.807) is 7.05 Å². The second-order valence-corrected chi connectivity index (χ2v) is 4.48. The van der Waals surface area contributed by atoms with Gasteiger partial charge in [-0.2, -0.15) is 13.2 Å². The molecule has 1 aromatic carbocycles. The molecule has 0 fully saturated rings. The highest BCUT2D eigenvalue weighted by Gasteiger charge is 2.31. The molecule has 0 aliphatic heterocycles. The van der Waals surface area contributed by atoms with Gasteiger partial charge in [0, 0.05) is 13.6 Å². The fourth-order valence-electron chi connectivity index (χ4n) is 1.70. The first kappa shape index (κ1) is 16.1. The first-order chi connectivity index (χ1) is 9.25. The lowest BCUT2D eigenvalue weighted by Crippen LogP contribution is -2.35. The smallest absolute Gasteiger partial charge is 0.397 e. The lowest BCUT2D eigenvalue weighted by atomic mass is 10.1. The molecule has 0 aromatic heterocycles. The van der Waals surface area contributed by atoms with E-state index in [0.717, 1.165) is 18.6 Å². The largest absolute Gasteiger partial charge is 0.416 e. The third-order valence-electron chi connectivity index (χ3n) is 2.72. The zero-order chi connectivity index (χ0) is 15.3. The Morgan fingerprint density at radius 1 is 1.40 bits per heavy atom. The molecule has 1 rings (SSSR count). The number of nitrogens with zero attached hydrogens (tertiary/aromatic N) is 1. The standard InChI is InChI=1S/C13H18F3N3O/c1-3-6-18-12(20)8-19(2)11-5-4-9(7-10(11)17)13(14,15)16/h4-5,7H,3,6,8,17H2,1-2H3,(H,18,20). The molecule has 3 N–H and O–H groups in total. The van der Waals surface area contributed by atoms with E-state index in [9.17, 15) is 18.0 Å². The van der Waals surface area contributed by atoms with Crippen LogP contribution in [0.1, 0.15) is 18.9 Å². The number of hydrogen-bond donors (Lipinski definition) is 2. The van der Waals surface area contributed by atoms with Crippen LogP contribution in [-0.4, -0.2) is 26.0 Å². The van der Waals surface area contributed by atoms with Crippen LogP contribution in [0.3, 0.4) is 0 Å². The number of alkyl halides is 3. The second-order valence-electron chi connectivity index (χ2n) is 4.48. The second kappa shape index (κ2) is 6.49. The van der Waals surface area contributed by atoms with Crippen molar-refractivity contribution >= 4 is 17.3 Å².